The van der Waals surface area contributed by atoms with Gasteiger partial charge in [-0.1, -0.05) is 17.1 Å². The molecule has 0 unspecified atom stereocenters. The Morgan fingerprint density at radius 3 is 2.76 bits per heavy atom. The number of carbonyl (C=O) groups excluding carboxylic acids is 2. The summed E-state index contributed by atoms with van der Waals surface area (Å²) in [5, 5.41) is 2.47. The summed E-state index contributed by atoms with van der Waals surface area (Å²) in [6, 6.07) is 5.82. The predicted octanol–water partition coefficient (Wildman–Crippen LogP) is 0.487. The van der Waals surface area contributed by atoms with E-state index >= 15 is 0 Å². The van der Waals surface area contributed by atoms with Gasteiger partial charge in [0.15, 0.2) is 0 Å². The van der Waals surface area contributed by atoms with Gasteiger partial charge in [-0.05, 0) is 12.1 Å². The lowest BCUT2D eigenvalue weighted by atomic mass is 10.2. The molecule has 0 saturated heterocycles. The SMILES string of the molecule is CN1C(=O)[C@@H](NC(=O)c2nc[n+]3cnc(C(F)(F)F)cn23)COc2ccccc21. The van der Waals surface area contributed by atoms with Crippen LogP contribution in [-0.2, 0) is 11.0 Å². The summed E-state index contributed by atoms with van der Waals surface area (Å²) in [6.07, 6.45) is -2.02. The lowest BCUT2D eigenvalue weighted by Gasteiger charge is -2.19. The Bertz CT molecular complexity index is 1110. The molecule has 12 heteroatoms. The molecular formula is C17H14F3N6O3+. The zero-order valence-corrected chi connectivity index (χ0v) is 14.9. The molecule has 2 aromatic heterocycles. The molecule has 0 spiro atoms. The Kier molecular flexibility index (Phi) is 4.32. The molecule has 4 rings (SSSR count). The third-order valence-electron chi connectivity index (χ3n) is 4.38. The largest absolute Gasteiger partial charge is 0.489 e. The lowest BCUT2D eigenvalue weighted by molar-refractivity contribution is -0.623. The van der Waals surface area contributed by atoms with Gasteiger partial charge in [-0.3, -0.25) is 9.59 Å². The van der Waals surface area contributed by atoms with E-state index in [1.165, 1.54) is 11.9 Å². The van der Waals surface area contributed by atoms with Crippen LogP contribution in [0, 0.1) is 0 Å². The first-order valence-corrected chi connectivity index (χ1v) is 8.38. The van der Waals surface area contributed by atoms with Gasteiger partial charge in [0.2, 0.25) is 12.0 Å². The van der Waals surface area contributed by atoms with Crippen molar-refractivity contribution in [2.45, 2.75) is 12.2 Å². The van der Waals surface area contributed by atoms with Crippen molar-refractivity contribution < 1.29 is 32.0 Å². The molecule has 1 atom stereocenters. The highest BCUT2D eigenvalue weighted by molar-refractivity contribution is 6.02. The number of fused-ring (bicyclic) bond motifs is 2. The van der Waals surface area contributed by atoms with Crippen molar-refractivity contribution in [3.05, 3.63) is 54.6 Å². The molecule has 1 aromatic carbocycles. The number of halogens is 3. The van der Waals surface area contributed by atoms with E-state index in [4.69, 9.17) is 4.74 Å². The molecular weight excluding hydrogens is 393 g/mol. The fourth-order valence-electron chi connectivity index (χ4n) is 2.91. The minimum absolute atomic E-state index is 0.141. The quantitative estimate of drug-likeness (QED) is 0.624. The number of likely N-dealkylation sites (N-methyl/N-ethyl adjacent to an activating group) is 1. The molecule has 1 aliphatic rings. The number of benzene rings is 1. The number of nitrogens with zero attached hydrogens (tertiary/aromatic N) is 5. The molecule has 2 amide bonds. The number of amides is 2. The summed E-state index contributed by atoms with van der Waals surface area (Å²) >= 11 is 0. The topological polar surface area (TPSA) is 92.9 Å². The highest BCUT2D eigenvalue weighted by atomic mass is 19.4. The van der Waals surface area contributed by atoms with E-state index in [9.17, 15) is 22.8 Å². The van der Waals surface area contributed by atoms with Crippen LogP contribution in [-0.4, -0.2) is 46.0 Å². The fraction of sp³-hybridized carbons (Fsp3) is 0.235. The first kappa shape index (κ1) is 18.7. The van der Waals surface area contributed by atoms with Gasteiger partial charge in [0, 0.05) is 7.05 Å². The molecule has 9 nitrogen and oxygen atoms in total. The predicted molar refractivity (Wildman–Crippen MR) is 90.2 cm³/mol. The number of aromatic nitrogens is 4. The number of alkyl halides is 3. The molecule has 3 aromatic rings. The fourth-order valence-corrected chi connectivity index (χ4v) is 2.91. The van der Waals surface area contributed by atoms with Gasteiger partial charge in [0.25, 0.3) is 12.2 Å². The number of para-hydroxylation sites is 2. The second kappa shape index (κ2) is 6.72. The summed E-state index contributed by atoms with van der Waals surface area (Å²) in [4.78, 5) is 33.8. The number of rotatable bonds is 2. The van der Waals surface area contributed by atoms with Gasteiger partial charge in [0.05, 0.1) is 11.9 Å². The average molecular weight is 407 g/mol. The van der Waals surface area contributed by atoms with Crippen LogP contribution < -0.4 is 19.5 Å². The maximum Gasteiger partial charge on any atom is 0.451 e. The average Bonchev–Trinajstić information content (AvgIpc) is 3.08. The van der Waals surface area contributed by atoms with Crippen LogP contribution in [0.25, 0.3) is 0 Å². The van der Waals surface area contributed by atoms with E-state index in [-0.39, 0.29) is 12.4 Å². The van der Waals surface area contributed by atoms with Crippen molar-refractivity contribution in [2.24, 2.45) is 0 Å². The summed E-state index contributed by atoms with van der Waals surface area (Å²) in [7, 11) is 1.54. The Morgan fingerprint density at radius 2 is 2.00 bits per heavy atom. The zero-order chi connectivity index (χ0) is 20.8. The Hall–Kier alpha value is -3.70. The number of ether oxygens (including phenoxy) is 1. The summed E-state index contributed by atoms with van der Waals surface area (Å²) < 4.78 is 46.4. The maximum atomic E-state index is 12.9. The standard InChI is InChI=1S/C17H13F3N6O3/c1-24-11-4-2-3-5-12(11)29-7-10(16(24)28)23-15(27)14-22-9-25-8-21-13(6-26(14)25)17(18,19)20/h2-6,8-10H,7H2,1H3/p+1/t10-/m0/s1. The van der Waals surface area contributed by atoms with Crippen LogP contribution in [0.3, 0.4) is 0 Å². The van der Waals surface area contributed by atoms with E-state index in [2.05, 4.69) is 15.3 Å². The van der Waals surface area contributed by atoms with Crippen molar-refractivity contribution in [3.8, 4) is 5.75 Å². The summed E-state index contributed by atoms with van der Waals surface area (Å²) in [5.41, 5.74) is -0.648. The van der Waals surface area contributed by atoms with E-state index < -0.39 is 29.7 Å². The Morgan fingerprint density at radius 1 is 1.28 bits per heavy atom. The van der Waals surface area contributed by atoms with Crippen LogP contribution in [0.15, 0.2) is 43.1 Å². The third-order valence-corrected chi connectivity index (χ3v) is 4.38. The summed E-state index contributed by atoms with van der Waals surface area (Å²) in [6.45, 7) is -0.141. The molecule has 1 N–H and O–H groups in total. The molecule has 1 aliphatic heterocycles. The molecule has 3 heterocycles. The highest BCUT2D eigenvalue weighted by Gasteiger charge is 2.37. The number of anilines is 1. The molecule has 0 fully saturated rings. The smallest absolute Gasteiger partial charge is 0.451 e. The van der Waals surface area contributed by atoms with Crippen LogP contribution >= 0.6 is 0 Å². The van der Waals surface area contributed by atoms with Gasteiger partial charge >= 0.3 is 17.9 Å². The van der Waals surface area contributed by atoms with Crippen molar-refractivity contribution in [3.63, 3.8) is 0 Å². The minimum atomic E-state index is -4.69. The van der Waals surface area contributed by atoms with Gasteiger partial charge < -0.3 is 15.0 Å². The van der Waals surface area contributed by atoms with Gasteiger partial charge in [-0.15, -0.1) is 9.50 Å². The molecule has 0 aliphatic carbocycles. The summed E-state index contributed by atoms with van der Waals surface area (Å²) in [5.74, 6) is -1.13. The second-order valence-corrected chi connectivity index (χ2v) is 6.25. The Balaban J connectivity index is 1.61. The van der Waals surface area contributed by atoms with E-state index in [0.717, 1.165) is 21.7 Å². The highest BCUT2D eigenvalue weighted by Crippen LogP contribution is 2.30. The second-order valence-electron chi connectivity index (χ2n) is 6.25. The van der Waals surface area contributed by atoms with Gasteiger partial charge in [-0.25, -0.2) is 0 Å². The van der Waals surface area contributed by atoms with Crippen molar-refractivity contribution in [1.82, 2.24) is 19.8 Å². The lowest BCUT2D eigenvalue weighted by Crippen LogP contribution is -2.50. The molecule has 0 radical (unpaired) electrons. The van der Waals surface area contributed by atoms with Crippen LogP contribution in [0.5, 0.6) is 5.75 Å². The third kappa shape index (κ3) is 3.32. The van der Waals surface area contributed by atoms with Crippen molar-refractivity contribution in [2.75, 3.05) is 18.6 Å². The monoisotopic (exact) mass is 407 g/mol. The zero-order valence-electron chi connectivity index (χ0n) is 14.9. The molecule has 29 heavy (non-hydrogen) atoms. The van der Waals surface area contributed by atoms with E-state index in [1.54, 1.807) is 24.3 Å². The van der Waals surface area contributed by atoms with E-state index in [1.807, 2.05) is 0 Å². The van der Waals surface area contributed by atoms with E-state index in [0.29, 0.717) is 17.6 Å². The van der Waals surface area contributed by atoms with Crippen LogP contribution in [0.1, 0.15) is 16.3 Å². The first-order valence-electron chi connectivity index (χ1n) is 8.38. The minimum Gasteiger partial charge on any atom is -0.489 e. The van der Waals surface area contributed by atoms with Crippen LogP contribution in [0.4, 0.5) is 18.9 Å². The molecule has 0 saturated carbocycles. The number of carbonyl (C=O) groups is 2. The maximum absolute atomic E-state index is 12.9. The molecule has 150 valence electrons. The van der Waals surface area contributed by atoms with Crippen molar-refractivity contribution >= 4 is 17.5 Å². The number of hydrogen-bond acceptors (Lipinski definition) is 5. The number of hydrogen-bond donors (Lipinski definition) is 1. The normalized spacial score (nSPS) is 16.9. The first-order chi connectivity index (χ1) is 13.8. The van der Waals surface area contributed by atoms with Crippen LogP contribution in [0.2, 0.25) is 0 Å². The van der Waals surface area contributed by atoms with Gasteiger partial charge in [0.1, 0.15) is 18.4 Å². The Labute approximate surface area is 161 Å². The van der Waals surface area contributed by atoms with Crippen molar-refractivity contribution in [1.29, 1.82) is 0 Å². The number of nitrogens with one attached hydrogen (secondary N) is 1. The molecule has 0 bridgehead atoms. The van der Waals surface area contributed by atoms with Gasteiger partial charge in [-0.2, -0.15) is 17.7 Å².